The summed E-state index contributed by atoms with van der Waals surface area (Å²) in [5, 5.41) is 0. The van der Waals surface area contributed by atoms with Crippen molar-refractivity contribution in [1.82, 2.24) is 19.9 Å². The second kappa shape index (κ2) is 7.80. The van der Waals surface area contributed by atoms with E-state index < -0.39 is 0 Å². The molecule has 1 aliphatic rings. The van der Waals surface area contributed by atoms with Gasteiger partial charge in [0.05, 0.1) is 5.69 Å². The van der Waals surface area contributed by atoms with Crippen LogP contribution in [0.4, 0.5) is 4.39 Å². The van der Waals surface area contributed by atoms with Crippen molar-refractivity contribution in [2.75, 3.05) is 13.1 Å². The highest BCUT2D eigenvalue weighted by Crippen LogP contribution is 2.26. The third-order valence-corrected chi connectivity index (χ3v) is 4.95. The second-order valence-electron chi connectivity index (χ2n) is 6.95. The quantitative estimate of drug-likeness (QED) is 0.771. The molecule has 3 aromatic rings. The molecule has 0 aliphatic carbocycles. The second-order valence-corrected chi connectivity index (χ2v) is 6.95. The van der Waals surface area contributed by atoms with Crippen molar-refractivity contribution in [3.05, 3.63) is 82.4 Å². The van der Waals surface area contributed by atoms with Crippen molar-refractivity contribution in [2.45, 2.75) is 25.3 Å². The van der Waals surface area contributed by atoms with E-state index in [0.717, 1.165) is 49.4 Å². The molecule has 1 N–H and O–H groups in total. The number of H-pyrrole nitrogens is 1. The van der Waals surface area contributed by atoms with Gasteiger partial charge in [0.25, 0.3) is 5.56 Å². The lowest BCUT2D eigenvalue weighted by atomic mass is 9.96. The Hall–Kier alpha value is -2.86. The third kappa shape index (κ3) is 4.28. The number of hydrogen-bond donors (Lipinski definition) is 1. The highest BCUT2D eigenvalue weighted by Gasteiger charge is 2.23. The molecule has 0 saturated carbocycles. The van der Waals surface area contributed by atoms with Crippen LogP contribution in [0.2, 0.25) is 0 Å². The van der Waals surface area contributed by atoms with Gasteiger partial charge in [0, 0.05) is 43.0 Å². The molecule has 2 aromatic heterocycles. The SMILES string of the molecule is O=c1cc(-c2ccncc2)nc(C2CCCN(Cc3ccc(F)cc3)C2)[nH]1. The number of pyridine rings is 1. The minimum absolute atomic E-state index is 0.137. The molecule has 1 aliphatic heterocycles. The van der Waals surface area contributed by atoms with Crippen LogP contribution >= 0.6 is 0 Å². The number of nitrogens with zero attached hydrogens (tertiary/aromatic N) is 3. The number of aromatic amines is 1. The zero-order valence-corrected chi connectivity index (χ0v) is 14.9. The van der Waals surface area contributed by atoms with Gasteiger partial charge in [-0.3, -0.25) is 14.7 Å². The van der Waals surface area contributed by atoms with Gasteiger partial charge in [-0.05, 0) is 49.2 Å². The molecule has 3 heterocycles. The van der Waals surface area contributed by atoms with Crippen LogP contribution in [0.5, 0.6) is 0 Å². The number of piperidine rings is 1. The maximum absolute atomic E-state index is 13.1. The lowest BCUT2D eigenvalue weighted by Crippen LogP contribution is -2.35. The number of nitrogens with one attached hydrogen (secondary N) is 1. The predicted molar refractivity (Wildman–Crippen MR) is 102 cm³/mol. The topological polar surface area (TPSA) is 61.9 Å². The van der Waals surface area contributed by atoms with Crippen molar-refractivity contribution in [3.8, 4) is 11.3 Å². The molecule has 4 rings (SSSR count). The number of hydrogen-bond acceptors (Lipinski definition) is 4. The Morgan fingerprint density at radius 3 is 2.70 bits per heavy atom. The van der Waals surface area contributed by atoms with Crippen molar-refractivity contribution < 1.29 is 4.39 Å². The number of likely N-dealkylation sites (tertiary alicyclic amines) is 1. The minimum Gasteiger partial charge on any atom is -0.310 e. The molecule has 5 nitrogen and oxygen atoms in total. The fraction of sp³-hybridized carbons (Fsp3) is 0.286. The van der Waals surface area contributed by atoms with Gasteiger partial charge in [0.2, 0.25) is 0 Å². The van der Waals surface area contributed by atoms with E-state index in [-0.39, 0.29) is 17.3 Å². The third-order valence-electron chi connectivity index (χ3n) is 4.95. The first-order valence-corrected chi connectivity index (χ1v) is 9.16. The van der Waals surface area contributed by atoms with Gasteiger partial charge >= 0.3 is 0 Å². The number of benzene rings is 1. The van der Waals surface area contributed by atoms with Crippen LogP contribution < -0.4 is 5.56 Å². The molecule has 1 unspecified atom stereocenters. The average molecular weight is 364 g/mol. The first kappa shape index (κ1) is 17.5. The summed E-state index contributed by atoms with van der Waals surface area (Å²) in [5.41, 5.74) is 2.51. The minimum atomic E-state index is -0.218. The van der Waals surface area contributed by atoms with E-state index in [2.05, 4.69) is 14.9 Å². The highest BCUT2D eigenvalue weighted by molar-refractivity contribution is 5.57. The summed E-state index contributed by atoms with van der Waals surface area (Å²) in [7, 11) is 0. The van der Waals surface area contributed by atoms with Crippen LogP contribution in [0, 0.1) is 5.82 Å². The summed E-state index contributed by atoms with van der Waals surface area (Å²) in [6.07, 6.45) is 5.42. The Balaban J connectivity index is 1.53. The summed E-state index contributed by atoms with van der Waals surface area (Å²) >= 11 is 0. The Kier molecular flexibility index (Phi) is 5.07. The monoisotopic (exact) mass is 364 g/mol. The van der Waals surface area contributed by atoms with Gasteiger partial charge in [-0.2, -0.15) is 0 Å². The van der Waals surface area contributed by atoms with Gasteiger partial charge < -0.3 is 4.98 Å². The zero-order valence-electron chi connectivity index (χ0n) is 14.9. The van der Waals surface area contributed by atoms with E-state index in [0.29, 0.717) is 5.69 Å². The molecule has 1 atom stereocenters. The molecule has 0 spiro atoms. The maximum Gasteiger partial charge on any atom is 0.251 e. The first-order valence-electron chi connectivity index (χ1n) is 9.16. The standard InChI is InChI=1S/C21H21FN4O/c22-18-5-3-15(4-6-18)13-26-11-1-2-17(14-26)21-24-19(12-20(27)25-21)16-7-9-23-10-8-16/h3-10,12,17H,1-2,11,13-14H2,(H,24,25,27). The first-order chi connectivity index (χ1) is 13.2. The Bertz CT molecular complexity index is 956. The van der Waals surface area contributed by atoms with Gasteiger partial charge in [-0.15, -0.1) is 0 Å². The largest absolute Gasteiger partial charge is 0.310 e. The lowest BCUT2D eigenvalue weighted by molar-refractivity contribution is 0.196. The Morgan fingerprint density at radius 1 is 1.15 bits per heavy atom. The molecule has 1 fully saturated rings. The van der Waals surface area contributed by atoms with Gasteiger partial charge in [0.15, 0.2) is 0 Å². The summed E-state index contributed by atoms with van der Waals surface area (Å²) in [5.74, 6) is 0.691. The van der Waals surface area contributed by atoms with Crippen LogP contribution in [0.1, 0.15) is 30.1 Å². The molecular weight excluding hydrogens is 343 g/mol. The van der Waals surface area contributed by atoms with Gasteiger partial charge in [0.1, 0.15) is 11.6 Å². The molecule has 1 aromatic carbocycles. The Labute approximate surface area is 156 Å². The average Bonchev–Trinajstić information content (AvgIpc) is 2.70. The molecule has 0 amide bonds. The molecule has 0 radical (unpaired) electrons. The molecular formula is C21H21FN4O. The fourth-order valence-corrected chi connectivity index (χ4v) is 3.61. The zero-order chi connectivity index (χ0) is 18.6. The predicted octanol–water partition coefficient (Wildman–Crippen LogP) is 3.35. The van der Waals surface area contributed by atoms with E-state index in [1.807, 2.05) is 24.3 Å². The van der Waals surface area contributed by atoms with Crippen molar-refractivity contribution in [3.63, 3.8) is 0 Å². The van der Waals surface area contributed by atoms with E-state index in [1.54, 1.807) is 12.4 Å². The summed E-state index contributed by atoms with van der Waals surface area (Å²) in [4.78, 5) is 26.2. The normalized spacial score (nSPS) is 17.7. The van der Waals surface area contributed by atoms with Crippen LogP contribution in [-0.2, 0) is 6.54 Å². The van der Waals surface area contributed by atoms with Crippen LogP contribution in [-0.4, -0.2) is 32.9 Å². The van der Waals surface area contributed by atoms with Crippen LogP contribution in [0.15, 0.2) is 59.7 Å². The van der Waals surface area contributed by atoms with Gasteiger partial charge in [-0.25, -0.2) is 9.37 Å². The Morgan fingerprint density at radius 2 is 1.93 bits per heavy atom. The maximum atomic E-state index is 13.1. The van der Waals surface area contributed by atoms with Crippen molar-refractivity contribution in [2.24, 2.45) is 0 Å². The molecule has 0 bridgehead atoms. The van der Waals surface area contributed by atoms with E-state index in [4.69, 9.17) is 4.98 Å². The van der Waals surface area contributed by atoms with Gasteiger partial charge in [-0.1, -0.05) is 12.1 Å². The van der Waals surface area contributed by atoms with E-state index in [9.17, 15) is 9.18 Å². The highest BCUT2D eigenvalue weighted by atomic mass is 19.1. The summed E-state index contributed by atoms with van der Waals surface area (Å²) in [6, 6.07) is 11.9. The van der Waals surface area contributed by atoms with E-state index in [1.165, 1.54) is 18.2 Å². The molecule has 27 heavy (non-hydrogen) atoms. The lowest BCUT2D eigenvalue weighted by Gasteiger charge is -2.32. The van der Waals surface area contributed by atoms with Crippen LogP contribution in [0.3, 0.4) is 0 Å². The smallest absolute Gasteiger partial charge is 0.251 e. The number of aromatic nitrogens is 3. The number of halogens is 1. The van der Waals surface area contributed by atoms with Crippen molar-refractivity contribution >= 4 is 0 Å². The van der Waals surface area contributed by atoms with Crippen molar-refractivity contribution in [1.29, 1.82) is 0 Å². The molecule has 6 heteroatoms. The fourth-order valence-electron chi connectivity index (χ4n) is 3.61. The molecule has 138 valence electrons. The van der Waals surface area contributed by atoms with E-state index >= 15 is 0 Å². The summed E-state index contributed by atoms with van der Waals surface area (Å²) < 4.78 is 13.1. The van der Waals surface area contributed by atoms with Crippen LogP contribution in [0.25, 0.3) is 11.3 Å². The summed E-state index contributed by atoms with van der Waals surface area (Å²) in [6.45, 7) is 2.58. The molecule has 1 saturated heterocycles. The number of rotatable bonds is 4.